The van der Waals surface area contributed by atoms with E-state index in [2.05, 4.69) is 0 Å². The Kier molecular flexibility index (Phi) is 6.20. The molecule has 0 aromatic heterocycles. The fourth-order valence-corrected chi connectivity index (χ4v) is 4.58. The minimum absolute atomic E-state index is 0.194. The number of carbonyl (C=O) groups excluding carboxylic acids is 1. The van der Waals surface area contributed by atoms with Gasteiger partial charge in [-0.25, -0.2) is 0 Å². The Morgan fingerprint density at radius 3 is 2.31 bits per heavy atom. The molecule has 7 nitrogen and oxygen atoms in total. The van der Waals surface area contributed by atoms with E-state index in [0.29, 0.717) is 48.9 Å². The number of ether oxygens (including phenoxy) is 5. The fraction of sp³-hybridized carbons (Fsp3) is 0.480. The number of nitrogens with two attached hydrogens (primary N) is 1. The Balaban J connectivity index is 1.86. The van der Waals surface area contributed by atoms with Crippen LogP contribution in [0.1, 0.15) is 48.6 Å². The number of fused-ring (bicyclic) bond motifs is 3. The molecule has 172 valence electrons. The molecule has 1 aliphatic carbocycles. The van der Waals surface area contributed by atoms with Gasteiger partial charge in [-0.3, -0.25) is 4.79 Å². The third kappa shape index (κ3) is 4.09. The fourth-order valence-electron chi connectivity index (χ4n) is 4.58. The van der Waals surface area contributed by atoms with Crippen molar-refractivity contribution in [3.63, 3.8) is 0 Å². The van der Waals surface area contributed by atoms with Gasteiger partial charge in [0, 0.05) is 6.04 Å². The third-order valence-electron chi connectivity index (χ3n) is 6.27. The first-order valence-electron chi connectivity index (χ1n) is 11.0. The highest BCUT2D eigenvalue weighted by Gasteiger charge is 2.39. The Labute approximate surface area is 188 Å². The molecule has 1 aliphatic heterocycles. The number of carbonyl (C=O) groups is 1. The van der Waals surface area contributed by atoms with Crippen LogP contribution >= 0.6 is 0 Å². The standard InChI is InChI=1S/C25H31NO6/c1-5-6-30-24(27)25(2)12-16-9-23-22(31-14-32-23)8-15(16)7-19(26)18-11-21(29-4)20(28-3)10-17(18)13-25/h8-11,19H,5-7,12-14,26H2,1-4H3/t19-,25?/m0/s1. The summed E-state index contributed by atoms with van der Waals surface area (Å²) in [6, 6.07) is 7.53. The Morgan fingerprint density at radius 2 is 1.66 bits per heavy atom. The average Bonchev–Trinajstić information content (AvgIpc) is 3.24. The molecule has 7 heteroatoms. The SMILES string of the molecule is CCCOC(=O)C1(C)Cc2cc3c(cc2C[C@H](N)c2cc(OC)c(OC)cc2C1)OCO3. The van der Waals surface area contributed by atoms with Crippen molar-refractivity contribution in [3.05, 3.63) is 46.5 Å². The van der Waals surface area contributed by atoms with E-state index in [1.165, 1.54) is 0 Å². The van der Waals surface area contributed by atoms with Gasteiger partial charge >= 0.3 is 5.97 Å². The summed E-state index contributed by atoms with van der Waals surface area (Å²) in [4.78, 5) is 13.3. The maximum Gasteiger partial charge on any atom is 0.312 e. The van der Waals surface area contributed by atoms with E-state index in [9.17, 15) is 4.79 Å². The lowest BCUT2D eigenvalue weighted by Gasteiger charge is -2.29. The van der Waals surface area contributed by atoms with Crippen LogP contribution in [0.3, 0.4) is 0 Å². The van der Waals surface area contributed by atoms with Crippen molar-refractivity contribution in [2.24, 2.45) is 11.1 Å². The van der Waals surface area contributed by atoms with Crippen LogP contribution in [0.5, 0.6) is 23.0 Å². The van der Waals surface area contributed by atoms with E-state index in [0.717, 1.165) is 28.7 Å². The van der Waals surface area contributed by atoms with E-state index in [-0.39, 0.29) is 18.8 Å². The maximum absolute atomic E-state index is 13.3. The quantitative estimate of drug-likeness (QED) is 0.707. The normalized spacial score (nSPS) is 21.5. The van der Waals surface area contributed by atoms with Crippen molar-refractivity contribution >= 4 is 5.97 Å². The second-order valence-corrected chi connectivity index (χ2v) is 8.74. The number of benzene rings is 2. The van der Waals surface area contributed by atoms with Gasteiger partial charge in [-0.05, 0) is 79.1 Å². The Morgan fingerprint density at radius 1 is 1.03 bits per heavy atom. The van der Waals surface area contributed by atoms with E-state index in [1.807, 2.05) is 38.1 Å². The number of hydrogen-bond donors (Lipinski definition) is 1. The van der Waals surface area contributed by atoms with Gasteiger partial charge < -0.3 is 29.4 Å². The molecule has 0 fully saturated rings. The lowest BCUT2D eigenvalue weighted by molar-refractivity contribution is -0.155. The number of esters is 1. The summed E-state index contributed by atoms with van der Waals surface area (Å²) in [6.45, 7) is 4.53. The van der Waals surface area contributed by atoms with E-state index < -0.39 is 5.41 Å². The highest BCUT2D eigenvalue weighted by atomic mass is 16.7. The molecule has 2 aliphatic rings. The third-order valence-corrected chi connectivity index (χ3v) is 6.27. The molecule has 2 aromatic carbocycles. The van der Waals surface area contributed by atoms with Crippen LogP contribution in [0.25, 0.3) is 0 Å². The lowest BCUT2D eigenvalue weighted by atomic mass is 9.77. The first-order valence-corrected chi connectivity index (χ1v) is 11.0. The zero-order valence-electron chi connectivity index (χ0n) is 19.2. The molecular formula is C25H31NO6. The summed E-state index contributed by atoms with van der Waals surface area (Å²) in [5.74, 6) is 2.40. The van der Waals surface area contributed by atoms with Crippen molar-refractivity contribution in [1.29, 1.82) is 0 Å². The lowest BCUT2D eigenvalue weighted by Crippen LogP contribution is -2.35. The minimum atomic E-state index is -0.796. The molecule has 0 saturated heterocycles. The molecule has 0 bridgehead atoms. The number of rotatable bonds is 5. The van der Waals surface area contributed by atoms with Crippen LogP contribution in [0.4, 0.5) is 0 Å². The van der Waals surface area contributed by atoms with Crippen LogP contribution in [-0.2, 0) is 28.8 Å². The number of hydrogen-bond acceptors (Lipinski definition) is 7. The average molecular weight is 442 g/mol. The first-order chi connectivity index (χ1) is 15.4. The van der Waals surface area contributed by atoms with Crippen LogP contribution in [0.15, 0.2) is 24.3 Å². The van der Waals surface area contributed by atoms with Gasteiger partial charge in [-0.1, -0.05) is 6.92 Å². The smallest absolute Gasteiger partial charge is 0.312 e. The van der Waals surface area contributed by atoms with Gasteiger partial charge in [0.15, 0.2) is 23.0 Å². The van der Waals surface area contributed by atoms with Crippen LogP contribution in [-0.4, -0.2) is 33.6 Å². The summed E-state index contributed by atoms with van der Waals surface area (Å²) >= 11 is 0. The van der Waals surface area contributed by atoms with Crippen molar-refractivity contribution in [2.75, 3.05) is 27.6 Å². The summed E-state index contributed by atoms with van der Waals surface area (Å²) < 4.78 is 27.9. The van der Waals surface area contributed by atoms with Gasteiger partial charge in [-0.2, -0.15) is 0 Å². The first kappa shape index (κ1) is 22.3. The van der Waals surface area contributed by atoms with Gasteiger partial charge in [0.2, 0.25) is 6.79 Å². The predicted octanol–water partition coefficient (Wildman–Crippen LogP) is 3.73. The molecule has 2 N–H and O–H groups in total. The molecule has 0 spiro atoms. The molecule has 2 aromatic rings. The largest absolute Gasteiger partial charge is 0.493 e. The predicted molar refractivity (Wildman–Crippen MR) is 120 cm³/mol. The molecule has 2 atom stereocenters. The highest BCUT2D eigenvalue weighted by Crippen LogP contribution is 2.43. The van der Waals surface area contributed by atoms with Gasteiger partial charge in [0.25, 0.3) is 0 Å². The molecule has 1 unspecified atom stereocenters. The van der Waals surface area contributed by atoms with E-state index in [1.54, 1.807) is 14.2 Å². The Hall–Kier alpha value is -2.93. The monoisotopic (exact) mass is 441 g/mol. The second kappa shape index (κ2) is 8.90. The minimum Gasteiger partial charge on any atom is -0.493 e. The maximum atomic E-state index is 13.3. The van der Waals surface area contributed by atoms with Crippen molar-refractivity contribution in [3.8, 4) is 23.0 Å². The zero-order valence-corrected chi connectivity index (χ0v) is 19.2. The van der Waals surface area contributed by atoms with Crippen LogP contribution in [0, 0.1) is 5.41 Å². The molecule has 32 heavy (non-hydrogen) atoms. The van der Waals surface area contributed by atoms with E-state index >= 15 is 0 Å². The summed E-state index contributed by atoms with van der Waals surface area (Å²) in [7, 11) is 3.21. The highest BCUT2D eigenvalue weighted by molar-refractivity contribution is 5.78. The second-order valence-electron chi connectivity index (χ2n) is 8.74. The van der Waals surface area contributed by atoms with Crippen LogP contribution < -0.4 is 24.7 Å². The summed E-state index contributed by atoms with van der Waals surface area (Å²) in [5.41, 5.74) is 9.88. The molecule has 0 radical (unpaired) electrons. The van der Waals surface area contributed by atoms with Gasteiger partial charge in [-0.15, -0.1) is 0 Å². The topological polar surface area (TPSA) is 89.2 Å². The molecular weight excluding hydrogens is 410 g/mol. The molecule has 1 heterocycles. The van der Waals surface area contributed by atoms with Gasteiger partial charge in [0.1, 0.15) is 0 Å². The molecule has 0 saturated carbocycles. The van der Waals surface area contributed by atoms with E-state index in [4.69, 9.17) is 29.4 Å². The van der Waals surface area contributed by atoms with Crippen molar-refractivity contribution < 1.29 is 28.5 Å². The molecule has 4 rings (SSSR count). The van der Waals surface area contributed by atoms with Gasteiger partial charge in [0.05, 0.1) is 26.2 Å². The van der Waals surface area contributed by atoms with Crippen molar-refractivity contribution in [2.45, 2.75) is 45.6 Å². The summed E-state index contributed by atoms with van der Waals surface area (Å²) in [5, 5.41) is 0. The van der Waals surface area contributed by atoms with Crippen molar-refractivity contribution in [1.82, 2.24) is 0 Å². The zero-order chi connectivity index (χ0) is 22.9. The number of methoxy groups -OCH3 is 2. The summed E-state index contributed by atoms with van der Waals surface area (Å²) in [6.07, 6.45) is 2.33. The Bertz CT molecular complexity index is 1020. The molecule has 0 amide bonds. The van der Waals surface area contributed by atoms with Crippen LogP contribution in [0.2, 0.25) is 0 Å².